The van der Waals surface area contributed by atoms with E-state index in [-0.39, 0.29) is 11.8 Å². The first-order valence-electron chi connectivity index (χ1n) is 11.0. The predicted molar refractivity (Wildman–Crippen MR) is 148 cm³/mol. The second-order valence-electron chi connectivity index (χ2n) is 7.74. The third-order valence-corrected chi connectivity index (χ3v) is 6.97. The Morgan fingerprint density at radius 2 is 1.56 bits per heavy atom. The summed E-state index contributed by atoms with van der Waals surface area (Å²) in [6.07, 6.45) is 0. The number of ether oxygens (including phenoxy) is 1. The fourth-order valence-corrected chi connectivity index (χ4v) is 5.00. The molecule has 1 unspecified atom stereocenters. The summed E-state index contributed by atoms with van der Waals surface area (Å²) in [5.41, 5.74) is 2.47. The summed E-state index contributed by atoms with van der Waals surface area (Å²) in [5, 5.41) is 6.17. The quantitative estimate of drug-likeness (QED) is 0.226. The molecular weight excluding hydrogens is 515 g/mol. The topological polar surface area (TPSA) is 67.4 Å². The molecule has 0 aliphatic carbocycles. The van der Waals surface area contributed by atoms with Crippen LogP contribution in [0.25, 0.3) is 0 Å². The van der Waals surface area contributed by atoms with Crippen LogP contribution in [0.2, 0.25) is 10.0 Å². The summed E-state index contributed by atoms with van der Waals surface area (Å²) in [6.45, 7) is 0. The van der Waals surface area contributed by atoms with Crippen LogP contribution in [0.5, 0.6) is 5.75 Å². The van der Waals surface area contributed by atoms with Gasteiger partial charge in [-0.1, -0.05) is 65.7 Å². The maximum absolute atomic E-state index is 13.4. The molecule has 0 saturated carbocycles. The zero-order valence-electron chi connectivity index (χ0n) is 19.2. The Kier molecular flexibility index (Phi) is 8.54. The average molecular weight is 537 g/mol. The van der Waals surface area contributed by atoms with Crippen LogP contribution in [-0.2, 0) is 4.79 Å². The largest absolute Gasteiger partial charge is 0.495 e. The van der Waals surface area contributed by atoms with E-state index in [1.807, 2.05) is 48.5 Å². The van der Waals surface area contributed by atoms with E-state index in [4.69, 9.17) is 27.9 Å². The van der Waals surface area contributed by atoms with Gasteiger partial charge in [-0.25, -0.2) is 0 Å². The molecule has 4 aromatic rings. The number of rotatable bonds is 8. The zero-order valence-corrected chi connectivity index (χ0v) is 21.5. The van der Waals surface area contributed by atoms with Crippen molar-refractivity contribution in [2.24, 2.45) is 0 Å². The lowest BCUT2D eigenvalue weighted by Crippen LogP contribution is -2.19. The van der Waals surface area contributed by atoms with Crippen molar-refractivity contribution in [3.63, 3.8) is 0 Å². The standard InChI is InChI=1S/C28H22Cl2N2O3S/c1-35-25-14-13-22(17-24(25)30)32-28(34)26(18-7-3-2-4-8-18)36-23-12-6-11-21(16-23)31-27(33)19-9-5-10-20(29)15-19/h2-17,26H,1H3,(H,31,33)(H,32,34). The Morgan fingerprint density at radius 1 is 0.806 bits per heavy atom. The summed E-state index contributed by atoms with van der Waals surface area (Å²) in [6, 6.07) is 28.7. The van der Waals surface area contributed by atoms with Crippen molar-refractivity contribution in [1.29, 1.82) is 0 Å². The first-order chi connectivity index (χ1) is 17.4. The molecule has 0 saturated heterocycles. The highest BCUT2D eigenvalue weighted by Gasteiger charge is 2.23. The van der Waals surface area contributed by atoms with E-state index in [1.54, 1.807) is 48.5 Å². The SMILES string of the molecule is COc1ccc(NC(=O)C(Sc2cccc(NC(=O)c3cccc(Cl)c3)c2)c2ccccc2)cc1Cl. The van der Waals surface area contributed by atoms with Gasteiger partial charge in [0.25, 0.3) is 5.91 Å². The number of nitrogens with one attached hydrogen (secondary N) is 2. The maximum atomic E-state index is 13.4. The van der Waals surface area contributed by atoms with Gasteiger partial charge in [0.2, 0.25) is 5.91 Å². The van der Waals surface area contributed by atoms with Gasteiger partial charge in [0.1, 0.15) is 11.0 Å². The molecule has 1 atom stereocenters. The van der Waals surface area contributed by atoms with Gasteiger partial charge in [0.15, 0.2) is 0 Å². The van der Waals surface area contributed by atoms with Gasteiger partial charge in [0, 0.05) is 26.9 Å². The second-order valence-corrected chi connectivity index (χ2v) is 9.76. The Balaban J connectivity index is 1.54. The molecule has 5 nitrogen and oxygen atoms in total. The lowest BCUT2D eigenvalue weighted by Gasteiger charge is -2.18. The molecule has 2 amide bonds. The number of benzene rings is 4. The lowest BCUT2D eigenvalue weighted by atomic mass is 10.1. The average Bonchev–Trinajstić information content (AvgIpc) is 2.88. The van der Waals surface area contributed by atoms with Crippen molar-refractivity contribution in [1.82, 2.24) is 0 Å². The highest BCUT2D eigenvalue weighted by atomic mass is 35.5. The van der Waals surface area contributed by atoms with E-state index >= 15 is 0 Å². The van der Waals surface area contributed by atoms with Crippen LogP contribution in [0.4, 0.5) is 11.4 Å². The molecule has 8 heteroatoms. The Morgan fingerprint density at radius 3 is 2.28 bits per heavy atom. The number of halogens is 2. The monoisotopic (exact) mass is 536 g/mol. The number of carbonyl (C=O) groups excluding carboxylic acids is 2. The Bertz CT molecular complexity index is 1380. The van der Waals surface area contributed by atoms with Crippen LogP contribution in [-0.4, -0.2) is 18.9 Å². The number of anilines is 2. The first-order valence-corrected chi connectivity index (χ1v) is 12.6. The Hall–Kier alpha value is -3.45. The minimum atomic E-state index is -0.550. The van der Waals surface area contributed by atoms with Crippen LogP contribution in [0.3, 0.4) is 0 Å². The summed E-state index contributed by atoms with van der Waals surface area (Å²) in [4.78, 5) is 26.8. The third-order valence-electron chi connectivity index (χ3n) is 5.19. The van der Waals surface area contributed by atoms with Crippen LogP contribution < -0.4 is 15.4 Å². The highest BCUT2D eigenvalue weighted by Crippen LogP contribution is 2.38. The fourth-order valence-electron chi connectivity index (χ4n) is 3.47. The Labute approximate surface area is 223 Å². The first kappa shape index (κ1) is 25.6. The normalized spacial score (nSPS) is 11.4. The number of hydrogen-bond donors (Lipinski definition) is 2. The molecular formula is C28H22Cl2N2O3S. The molecule has 0 spiro atoms. The van der Waals surface area contributed by atoms with E-state index < -0.39 is 5.25 Å². The van der Waals surface area contributed by atoms with E-state index in [9.17, 15) is 9.59 Å². The van der Waals surface area contributed by atoms with Gasteiger partial charge in [-0.2, -0.15) is 0 Å². The number of carbonyl (C=O) groups is 2. The third kappa shape index (κ3) is 6.61. The molecule has 2 N–H and O–H groups in total. The molecule has 0 fully saturated rings. The van der Waals surface area contributed by atoms with Gasteiger partial charge in [-0.15, -0.1) is 11.8 Å². The van der Waals surface area contributed by atoms with Crippen LogP contribution in [0.1, 0.15) is 21.2 Å². The summed E-state index contributed by atoms with van der Waals surface area (Å²) < 4.78 is 5.19. The summed E-state index contributed by atoms with van der Waals surface area (Å²) >= 11 is 13.6. The van der Waals surface area contributed by atoms with E-state index in [2.05, 4.69) is 10.6 Å². The van der Waals surface area contributed by atoms with Crippen molar-refractivity contribution in [2.45, 2.75) is 10.1 Å². The number of methoxy groups -OCH3 is 1. The summed E-state index contributed by atoms with van der Waals surface area (Å²) in [7, 11) is 1.53. The van der Waals surface area contributed by atoms with Crippen molar-refractivity contribution in [3.05, 3.63) is 118 Å². The lowest BCUT2D eigenvalue weighted by molar-refractivity contribution is -0.115. The van der Waals surface area contributed by atoms with E-state index in [1.165, 1.54) is 18.9 Å². The van der Waals surface area contributed by atoms with Crippen molar-refractivity contribution >= 4 is 58.2 Å². The highest BCUT2D eigenvalue weighted by molar-refractivity contribution is 8.00. The van der Waals surface area contributed by atoms with Crippen molar-refractivity contribution in [2.75, 3.05) is 17.7 Å². The number of hydrogen-bond acceptors (Lipinski definition) is 4. The molecule has 0 aliphatic heterocycles. The number of amides is 2. The van der Waals surface area contributed by atoms with Gasteiger partial charge in [0.05, 0.1) is 12.1 Å². The van der Waals surface area contributed by atoms with E-state index in [0.29, 0.717) is 32.7 Å². The van der Waals surface area contributed by atoms with Crippen molar-refractivity contribution < 1.29 is 14.3 Å². The van der Waals surface area contributed by atoms with Crippen LogP contribution >= 0.6 is 35.0 Å². The predicted octanol–water partition coefficient (Wildman–Crippen LogP) is 7.73. The van der Waals surface area contributed by atoms with Gasteiger partial charge < -0.3 is 15.4 Å². The van der Waals surface area contributed by atoms with Gasteiger partial charge in [-0.3, -0.25) is 9.59 Å². The maximum Gasteiger partial charge on any atom is 0.255 e. The molecule has 0 aromatic heterocycles. The fraction of sp³-hybridized carbons (Fsp3) is 0.0714. The smallest absolute Gasteiger partial charge is 0.255 e. The molecule has 0 heterocycles. The van der Waals surface area contributed by atoms with Crippen molar-refractivity contribution in [3.8, 4) is 5.75 Å². The van der Waals surface area contributed by atoms with Gasteiger partial charge in [-0.05, 0) is 60.2 Å². The van der Waals surface area contributed by atoms with E-state index in [0.717, 1.165) is 10.5 Å². The molecule has 4 aromatic carbocycles. The molecule has 4 rings (SSSR count). The molecule has 0 aliphatic rings. The van der Waals surface area contributed by atoms with Crippen LogP contribution in [0, 0.1) is 0 Å². The molecule has 182 valence electrons. The summed E-state index contributed by atoms with van der Waals surface area (Å²) in [5.74, 6) is 0.0504. The minimum Gasteiger partial charge on any atom is -0.495 e. The second kappa shape index (κ2) is 12.0. The zero-order chi connectivity index (χ0) is 25.5. The minimum absolute atomic E-state index is 0.208. The number of thioether (sulfide) groups is 1. The van der Waals surface area contributed by atoms with Crippen LogP contribution in [0.15, 0.2) is 102 Å². The molecule has 0 radical (unpaired) electrons. The molecule has 36 heavy (non-hydrogen) atoms. The van der Waals surface area contributed by atoms with Gasteiger partial charge >= 0.3 is 0 Å². The molecule has 0 bridgehead atoms.